The van der Waals surface area contributed by atoms with Crippen molar-refractivity contribution in [2.75, 3.05) is 26.3 Å². The minimum absolute atomic E-state index is 0.0605. The number of cyclic esters (lactones) is 1. The second-order valence-corrected chi connectivity index (χ2v) is 5.58. The van der Waals surface area contributed by atoms with Crippen molar-refractivity contribution in [3.63, 3.8) is 0 Å². The van der Waals surface area contributed by atoms with Crippen LogP contribution in [0.5, 0.6) is 0 Å². The van der Waals surface area contributed by atoms with Crippen LogP contribution in [-0.2, 0) is 15.9 Å². The summed E-state index contributed by atoms with van der Waals surface area (Å²) in [5.41, 5.74) is 1.14. The molecule has 0 unspecified atom stereocenters. The molecule has 19 heavy (non-hydrogen) atoms. The molecular weight excluding hydrogens is 266 g/mol. The lowest BCUT2D eigenvalue weighted by Crippen LogP contribution is -2.40. The zero-order valence-electron chi connectivity index (χ0n) is 10.5. The molecule has 1 atom stereocenters. The average Bonchev–Trinajstić information content (AvgIpc) is 2.67. The fourth-order valence-electron chi connectivity index (χ4n) is 2.41. The number of hydrogen-bond donors (Lipinski definition) is 0. The van der Waals surface area contributed by atoms with E-state index in [-0.39, 0.29) is 12.2 Å². The van der Waals surface area contributed by atoms with E-state index < -0.39 is 0 Å². The number of rotatable bonds is 4. The van der Waals surface area contributed by atoms with E-state index in [1.165, 1.54) is 0 Å². The molecule has 0 N–H and O–H groups in total. The maximum absolute atomic E-state index is 11.7. The maximum Gasteiger partial charge on any atom is 0.410 e. The van der Waals surface area contributed by atoms with E-state index in [0.29, 0.717) is 12.5 Å². The number of benzene rings is 1. The molecule has 3 rings (SSSR count). The Morgan fingerprint density at radius 3 is 2.63 bits per heavy atom. The van der Waals surface area contributed by atoms with Crippen LogP contribution in [0, 0.1) is 5.92 Å². The first-order valence-corrected chi connectivity index (χ1v) is 6.86. The number of halogens is 1. The van der Waals surface area contributed by atoms with E-state index in [1.54, 1.807) is 4.90 Å². The highest BCUT2D eigenvalue weighted by atomic mass is 35.5. The molecule has 0 radical (unpaired) electrons. The highest BCUT2D eigenvalue weighted by Crippen LogP contribution is 2.20. The van der Waals surface area contributed by atoms with Crippen LogP contribution >= 0.6 is 11.6 Å². The number of carbonyl (C=O) groups excluding carboxylic acids is 1. The zero-order valence-corrected chi connectivity index (χ0v) is 11.3. The van der Waals surface area contributed by atoms with Crippen molar-refractivity contribution < 1.29 is 14.3 Å². The van der Waals surface area contributed by atoms with Crippen LogP contribution in [0.4, 0.5) is 4.79 Å². The summed E-state index contributed by atoms with van der Waals surface area (Å²) < 4.78 is 10.5. The van der Waals surface area contributed by atoms with Crippen molar-refractivity contribution in [2.45, 2.75) is 12.5 Å². The molecule has 0 aliphatic carbocycles. The Morgan fingerprint density at radius 1 is 1.26 bits per heavy atom. The lowest BCUT2D eigenvalue weighted by Gasteiger charge is -2.28. The second-order valence-electron chi connectivity index (χ2n) is 5.14. The summed E-state index contributed by atoms with van der Waals surface area (Å²) in [6.07, 6.45) is 0.473. The van der Waals surface area contributed by atoms with Gasteiger partial charge in [-0.2, -0.15) is 0 Å². The van der Waals surface area contributed by atoms with Crippen LogP contribution in [-0.4, -0.2) is 43.4 Å². The summed E-state index contributed by atoms with van der Waals surface area (Å²) in [4.78, 5) is 13.5. The SMILES string of the molecule is O=C1O[C@H](Cc2ccc(Cl)cc2)CN1CC1COC1. The molecule has 2 aliphatic heterocycles. The van der Waals surface area contributed by atoms with Crippen LogP contribution in [0.3, 0.4) is 0 Å². The Morgan fingerprint density at radius 2 is 2.00 bits per heavy atom. The number of ether oxygens (including phenoxy) is 2. The monoisotopic (exact) mass is 281 g/mol. The molecule has 1 amide bonds. The molecule has 2 aliphatic rings. The minimum atomic E-state index is -0.203. The molecule has 1 aromatic carbocycles. The van der Waals surface area contributed by atoms with Crippen LogP contribution in [0.2, 0.25) is 5.02 Å². The van der Waals surface area contributed by atoms with Crippen molar-refractivity contribution in [1.82, 2.24) is 4.90 Å². The normalized spacial score (nSPS) is 23.3. The van der Waals surface area contributed by atoms with E-state index >= 15 is 0 Å². The van der Waals surface area contributed by atoms with Gasteiger partial charge in [0.05, 0.1) is 19.8 Å². The third kappa shape index (κ3) is 3.01. The highest BCUT2D eigenvalue weighted by Gasteiger charge is 2.34. The summed E-state index contributed by atoms with van der Waals surface area (Å²) in [6.45, 7) is 2.92. The predicted octanol–water partition coefficient (Wildman–Crippen LogP) is 2.35. The van der Waals surface area contributed by atoms with E-state index in [9.17, 15) is 4.79 Å². The Bertz CT molecular complexity index is 458. The molecular formula is C14H16ClNO3. The predicted molar refractivity (Wildman–Crippen MR) is 71.3 cm³/mol. The molecule has 102 valence electrons. The van der Waals surface area contributed by atoms with Crippen LogP contribution in [0.15, 0.2) is 24.3 Å². The highest BCUT2D eigenvalue weighted by molar-refractivity contribution is 6.30. The lowest BCUT2D eigenvalue weighted by molar-refractivity contribution is -0.0406. The average molecular weight is 282 g/mol. The summed E-state index contributed by atoms with van der Waals surface area (Å²) >= 11 is 5.85. The van der Waals surface area contributed by atoms with Crippen LogP contribution in [0.25, 0.3) is 0 Å². The van der Waals surface area contributed by atoms with Crippen molar-refractivity contribution in [1.29, 1.82) is 0 Å². The van der Waals surface area contributed by atoms with Gasteiger partial charge in [-0.05, 0) is 17.7 Å². The van der Waals surface area contributed by atoms with Crippen molar-refractivity contribution in [3.05, 3.63) is 34.9 Å². The zero-order chi connectivity index (χ0) is 13.2. The molecule has 5 heteroatoms. The second kappa shape index (κ2) is 5.39. The summed E-state index contributed by atoms with van der Waals surface area (Å²) in [7, 11) is 0. The van der Waals surface area contributed by atoms with Crippen molar-refractivity contribution in [2.24, 2.45) is 5.92 Å². The molecule has 0 aromatic heterocycles. The summed E-state index contributed by atoms with van der Waals surface area (Å²) in [5, 5.41) is 0.721. The van der Waals surface area contributed by atoms with Gasteiger partial charge in [0.25, 0.3) is 0 Å². The third-order valence-electron chi connectivity index (χ3n) is 3.51. The minimum Gasteiger partial charge on any atom is -0.444 e. The smallest absolute Gasteiger partial charge is 0.410 e. The maximum atomic E-state index is 11.7. The third-order valence-corrected chi connectivity index (χ3v) is 3.76. The van der Waals surface area contributed by atoms with Crippen molar-refractivity contribution in [3.8, 4) is 0 Å². The number of carbonyl (C=O) groups is 1. The van der Waals surface area contributed by atoms with E-state index in [1.807, 2.05) is 24.3 Å². The Balaban J connectivity index is 1.55. The van der Waals surface area contributed by atoms with Gasteiger partial charge in [0.1, 0.15) is 6.10 Å². The number of hydrogen-bond acceptors (Lipinski definition) is 3. The molecule has 0 spiro atoms. The van der Waals surface area contributed by atoms with E-state index in [4.69, 9.17) is 21.1 Å². The van der Waals surface area contributed by atoms with Gasteiger partial charge in [-0.15, -0.1) is 0 Å². The fraction of sp³-hybridized carbons (Fsp3) is 0.500. The quantitative estimate of drug-likeness (QED) is 0.850. The van der Waals surface area contributed by atoms with Gasteiger partial charge in [-0.3, -0.25) is 0 Å². The Hall–Kier alpha value is -1.26. The largest absolute Gasteiger partial charge is 0.444 e. The van der Waals surface area contributed by atoms with Gasteiger partial charge < -0.3 is 14.4 Å². The first-order chi connectivity index (χ1) is 9.20. The van der Waals surface area contributed by atoms with Crippen molar-refractivity contribution >= 4 is 17.7 Å². The molecule has 1 aromatic rings. The van der Waals surface area contributed by atoms with Gasteiger partial charge in [-0.25, -0.2) is 4.79 Å². The molecule has 2 heterocycles. The molecule has 0 bridgehead atoms. The van der Waals surface area contributed by atoms with Gasteiger partial charge in [-0.1, -0.05) is 23.7 Å². The van der Waals surface area contributed by atoms with Gasteiger partial charge >= 0.3 is 6.09 Å². The lowest BCUT2D eigenvalue weighted by atomic mass is 10.1. The molecule has 4 nitrogen and oxygen atoms in total. The van der Waals surface area contributed by atoms with Crippen LogP contribution < -0.4 is 0 Å². The van der Waals surface area contributed by atoms with Gasteiger partial charge in [0, 0.05) is 23.9 Å². The fourth-order valence-corrected chi connectivity index (χ4v) is 2.54. The standard InChI is InChI=1S/C14H16ClNO3/c15-12-3-1-10(2-4-12)5-13-7-16(14(17)19-13)6-11-8-18-9-11/h1-4,11,13H,5-9H2/t13-/m1/s1. The first kappa shape index (κ1) is 12.8. The molecule has 0 saturated carbocycles. The van der Waals surface area contributed by atoms with Gasteiger partial charge in [0.15, 0.2) is 0 Å². The van der Waals surface area contributed by atoms with E-state index in [0.717, 1.165) is 36.8 Å². The summed E-state index contributed by atoms with van der Waals surface area (Å²) in [5.74, 6) is 0.474. The van der Waals surface area contributed by atoms with Crippen LogP contribution in [0.1, 0.15) is 5.56 Å². The topological polar surface area (TPSA) is 38.8 Å². The first-order valence-electron chi connectivity index (χ1n) is 6.48. The molecule has 2 fully saturated rings. The number of amides is 1. The Kier molecular flexibility index (Phi) is 3.62. The van der Waals surface area contributed by atoms with E-state index in [2.05, 4.69) is 0 Å². The Labute approximate surface area is 117 Å². The molecule has 2 saturated heterocycles. The summed E-state index contributed by atoms with van der Waals surface area (Å²) in [6, 6.07) is 7.66. The number of nitrogens with zero attached hydrogens (tertiary/aromatic N) is 1. The van der Waals surface area contributed by atoms with Gasteiger partial charge in [0.2, 0.25) is 0 Å².